The van der Waals surface area contributed by atoms with Gasteiger partial charge in [-0.05, 0) is 36.5 Å². The van der Waals surface area contributed by atoms with Crippen LogP contribution in [0.2, 0.25) is 0 Å². The molecule has 1 aromatic rings. The first-order valence-corrected chi connectivity index (χ1v) is 11.7. The van der Waals surface area contributed by atoms with E-state index < -0.39 is 47.0 Å². The molecule has 2 unspecified atom stereocenters. The zero-order chi connectivity index (χ0) is 25.0. The predicted octanol–water partition coefficient (Wildman–Crippen LogP) is 2.37. The minimum absolute atomic E-state index is 0.00697. The average molecular weight is 496 g/mol. The number of amides is 2. The molecule has 2 atom stereocenters. The lowest BCUT2D eigenvalue weighted by molar-refractivity contribution is -0.163. The van der Waals surface area contributed by atoms with Crippen molar-refractivity contribution in [2.24, 2.45) is 5.92 Å². The topological polar surface area (TPSA) is 125 Å². The van der Waals surface area contributed by atoms with Crippen molar-refractivity contribution >= 4 is 40.4 Å². The molecule has 1 saturated heterocycles. The van der Waals surface area contributed by atoms with Crippen molar-refractivity contribution in [1.29, 1.82) is 0 Å². The smallest absolute Gasteiger partial charge is 0.413 e. The van der Waals surface area contributed by atoms with Gasteiger partial charge in [0.15, 0.2) is 5.82 Å². The molecule has 184 valence electrons. The molecule has 12 heteroatoms. The van der Waals surface area contributed by atoms with E-state index in [1.54, 1.807) is 6.08 Å². The van der Waals surface area contributed by atoms with E-state index in [4.69, 9.17) is 9.47 Å². The third-order valence-corrected chi connectivity index (χ3v) is 6.22. The number of esters is 1. The Bertz CT molecular complexity index is 1060. The molecule has 2 aliphatic heterocycles. The normalized spacial score (nSPS) is 20.0. The van der Waals surface area contributed by atoms with Gasteiger partial charge in [0.1, 0.15) is 18.0 Å². The molecule has 10 nitrogen and oxygen atoms in total. The third kappa shape index (κ3) is 6.13. The number of hydrogen-bond acceptors (Lipinski definition) is 7. The first-order chi connectivity index (χ1) is 16.1. The van der Waals surface area contributed by atoms with Crippen LogP contribution in [0.5, 0.6) is 5.75 Å². The summed E-state index contributed by atoms with van der Waals surface area (Å²) < 4.78 is 39.8. The SMILES string of the molecule is C=CC1CC1.CC(=O)OC(C)OC(=O)N1CC=C(c2ccc(O)c(N3CC(=O)NS3=O)c2F)C1. The number of carbonyl (C=O) groups excluding carboxylic acids is 3. The number of halogens is 1. The van der Waals surface area contributed by atoms with E-state index in [9.17, 15) is 23.7 Å². The predicted molar refractivity (Wildman–Crippen MR) is 122 cm³/mol. The third-order valence-electron chi connectivity index (χ3n) is 5.11. The van der Waals surface area contributed by atoms with Gasteiger partial charge in [-0.3, -0.25) is 18.6 Å². The van der Waals surface area contributed by atoms with E-state index in [0.717, 1.165) is 10.2 Å². The summed E-state index contributed by atoms with van der Waals surface area (Å²) in [5, 5.41) is 10.0. The monoisotopic (exact) mass is 495 g/mol. The number of anilines is 1. The second kappa shape index (κ2) is 10.7. The maximum absolute atomic E-state index is 15.1. The Hall–Kier alpha value is -3.41. The van der Waals surface area contributed by atoms with E-state index >= 15 is 4.39 Å². The second-order valence-corrected chi connectivity index (χ2v) is 8.99. The van der Waals surface area contributed by atoms with E-state index in [2.05, 4.69) is 11.3 Å². The number of hydrogen-bond donors (Lipinski definition) is 2. The first kappa shape index (κ1) is 25.2. The summed E-state index contributed by atoms with van der Waals surface area (Å²) in [7, 11) is 0. The highest BCUT2D eigenvalue weighted by atomic mass is 32.2. The van der Waals surface area contributed by atoms with E-state index in [1.807, 2.05) is 6.08 Å². The van der Waals surface area contributed by atoms with Crippen LogP contribution in [0, 0.1) is 11.7 Å². The lowest BCUT2D eigenvalue weighted by Crippen LogP contribution is -2.33. The average Bonchev–Trinajstić information content (AvgIpc) is 3.38. The van der Waals surface area contributed by atoms with Gasteiger partial charge in [-0.15, -0.1) is 6.58 Å². The van der Waals surface area contributed by atoms with Crippen LogP contribution >= 0.6 is 0 Å². The number of rotatable bonds is 5. The van der Waals surface area contributed by atoms with Crippen LogP contribution in [-0.4, -0.2) is 58.1 Å². The van der Waals surface area contributed by atoms with Crippen LogP contribution in [0.1, 0.15) is 32.3 Å². The number of nitrogens with one attached hydrogen (secondary N) is 1. The Morgan fingerprint density at radius 2 is 2.03 bits per heavy atom. The van der Waals surface area contributed by atoms with Crippen molar-refractivity contribution in [3.05, 3.63) is 42.2 Å². The van der Waals surface area contributed by atoms with Crippen molar-refractivity contribution < 1.29 is 37.6 Å². The largest absolute Gasteiger partial charge is 0.506 e. The van der Waals surface area contributed by atoms with Crippen molar-refractivity contribution in [3.63, 3.8) is 0 Å². The van der Waals surface area contributed by atoms with Gasteiger partial charge in [-0.25, -0.2) is 13.4 Å². The molecule has 1 aromatic carbocycles. The molecule has 0 spiro atoms. The van der Waals surface area contributed by atoms with Gasteiger partial charge < -0.3 is 19.5 Å². The molecule has 2 fully saturated rings. The quantitative estimate of drug-likeness (QED) is 0.365. The van der Waals surface area contributed by atoms with Crippen molar-refractivity contribution in [1.82, 2.24) is 9.62 Å². The lowest BCUT2D eigenvalue weighted by atomic mass is 10.0. The maximum atomic E-state index is 15.1. The van der Waals surface area contributed by atoms with E-state index in [0.29, 0.717) is 5.57 Å². The molecule has 0 radical (unpaired) electrons. The van der Waals surface area contributed by atoms with Crippen molar-refractivity contribution in [2.45, 2.75) is 33.0 Å². The maximum Gasteiger partial charge on any atom is 0.413 e. The number of phenolic OH excluding ortho intramolecular Hbond substituents is 1. The summed E-state index contributed by atoms with van der Waals surface area (Å²) in [6, 6.07) is 2.54. The van der Waals surface area contributed by atoms with E-state index in [-0.39, 0.29) is 30.9 Å². The first-order valence-electron chi connectivity index (χ1n) is 10.6. The summed E-state index contributed by atoms with van der Waals surface area (Å²) in [5.74, 6) is -1.61. The molecule has 2 heterocycles. The Balaban J connectivity index is 0.000000574. The summed E-state index contributed by atoms with van der Waals surface area (Å²) in [5.41, 5.74) is 0.146. The number of allylic oxidation sites excluding steroid dienone is 1. The number of benzene rings is 1. The summed E-state index contributed by atoms with van der Waals surface area (Å²) >= 11 is -2.01. The summed E-state index contributed by atoms with van der Waals surface area (Å²) in [6.07, 6.45) is 4.59. The highest BCUT2D eigenvalue weighted by molar-refractivity contribution is 7.85. The Labute approximate surface area is 198 Å². The highest BCUT2D eigenvalue weighted by Gasteiger charge is 2.33. The molecule has 4 rings (SSSR count). The van der Waals surface area contributed by atoms with Crippen LogP contribution in [0.3, 0.4) is 0 Å². The molecule has 2 N–H and O–H groups in total. The van der Waals surface area contributed by atoms with Crippen LogP contribution in [0.15, 0.2) is 30.9 Å². The van der Waals surface area contributed by atoms with Crippen LogP contribution in [-0.2, 0) is 30.2 Å². The molecular weight excluding hydrogens is 469 g/mol. The molecule has 3 aliphatic rings. The Morgan fingerprint density at radius 3 is 2.56 bits per heavy atom. The van der Waals surface area contributed by atoms with Gasteiger partial charge in [0.2, 0.25) is 17.5 Å². The molecular formula is C22H26FN3O7S. The zero-order valence-corrected chi connectivity index (χ0v) is 19.6. The van der Waals surface area contributed by atoms with Gasteiger partial charge >= 0.3 is 12.1 Å². The standard InChI is InChI=1S/C17H18FN3O7S.C5H8/c1-9(22)27-10(2)28-17(25)20-6-5-11(7-20)12-3-4-13(23)16(15(12)18)21-8-14(24)19-29(21)26;1-2-5-3-4-5/h3-5,10,23H,6-8H2,1-2H3,(H,19,24);2,5H,1,3-4H2. The summed E-state index contributed by atoms with van der Waals surface area (Å²) in [4.78, 5) is 35.7. The number of aromatic hydroxyl groups is 1. The molecule has 34 heavy (non-hydrogen) atoms. The fraction of sp³-hybridized carbons (Fsp3) is 0.409. The second-order valence-electron chi connectivity index (χ2n) is 7.85. The zero-order valence-electron chi connectivity index (χ0n) is 18.8. The lowest BCUT2D eigenvalue weighted by Gasteiger charge is -2.20. The number of nitrogens with zero attached hydrogens (tertiary/aromatic N) is 2. The van der Waals surface area contributed by atoms with Gasteiger partial charge in [0.25, 0.3) is 5.91 Å². The minimum atomic E-state index is -2.01. The number of phenols is 1. The Morgan fingerprint density at radius 1 is 1.32 bits per heavy atom. The van der Waals surface area contributed by atoms with E-state index in [1.165, 1.54) is 43.7 Å². The van der Waals surface area contributed by atoms with Crippen molar-refractivity contribution in [3.8, 4) is 5.75 Å². The number of ether oxygens (including phenoxy) is 2. The van der Waals surface area contributed by atoms with Gasteiger partial charge in [-0.1, -0.05) is 12.2 Å². The van der Waals surface area contributed by atoms with Crippen LogP contribution in [0.4, 0.5) is 14.9 Å². The number of carbonyl (C=O) groups is 3. The molecule has 0 aromatic heterocycles. The van der Waals surface area contributed by atoms with Crippen LogP contribution in [0.25, 0.3) is 5.57 Å². The summed E-state index contributed by atoms with van der Waals surface area (Å²) in [6.45, 7) is 5.96. The highest BCUT2D eigenvalue weighted by Crippen LogP contribution is 2.37. The van der Waals surface area contributed by atoms with Crippen LogP contribution < -0.4 is 9.03 Å². The van der Waals surface area contributed by atoms with Crippen molar-refractivity contribution in [2.75, 3.05) is 23.9 Å². The molecule has 2 amide bonds. The van der Waals surface area contributed by atoms with Gasteiger partial charge in [0.05, 0.1) is 0 Å². The molecule has 1 saturated carbocycles. The molecule has 0 bridgehead atoms. The van der Waals surface area contributed by atoms with Gasteiger partial charge in [0, 0.05) is 32.5 Å². The van der Waals surface area contributed by atoms with Gasteiger partial charge in [-0.2, -0.15) is 0 Å². The fourth-order valence-electron chi connectivity index (χ4n) is 3.27. The molecule has 1 aliphatic carbocycles. The minimum Gasteiger partial charge on any atom is -0.506 e. The fourth-order valence-corrected chi connectivity index (χ4v) is 4.21. The Kier molecular flexibility index (Phi) is 7.92.